The van der Waals surface area contributed by atoms with Crippen molar-refractivity contribution in [2.75, 3.05) is 31.1 Å². The Hall–Kier alpha value is -2.21. The molecule has 27 heavy (non-hydrogen) atoms. The number of nitrogens with zero attached hydrogens (tertiary/aromatic N) is 1. The quantitative estimate of drug-likeness (QED) is 0.827. The van der Waals surface area contributed by atoms with Crippen LogP contribution in [0.15, 0.2) is 36.4 Å². The molecule has 0 aliphatic carbocycles. The summed E-state index contributed by atoms with van der Waals surface area (Å²) in [4.78, 5) is 2.08. The van der Waals surface area contributed by atoms with E-state index in [0.29, 0.717) is 5.69 Å². The molecule has 144 valence electrons. The maximum absolute atomic E-state index is 14.0. The van der Waals surface area contributed by atoms with Gasteiger partial charge in [-0.15, -0.1) is 0 Å². The average molecular weight is 376 g/mol. The van der Waals surface area contributed by atoms with E-state index in [0.717, 1.165) is 57.9 Å². The van der Waals surface area contributed by atoms with Crippen molar-refractivity contribution in [1.29, 1.82) is 0 Å². The summed E-state index contributed by atoms with van der Waals surface area (Å²) in [6.07, 6.45) is 4.36. The van der Waals surface area contributed by atoms with Crippen molar-refractivity contribution in [2.45, 2.75) is 25.7 Å². The summed E-state index contributed by atoms with van der Waals surface area (Å²) >= 11 is 0. The largest absolute Gasteiger partial charge is 0.455 e. The van der Waals surface area contributed by atoms with Gasteiger partial charge in [0.1, 0.15) is 11.6 Å². The number of halogens is 3. The van der Waals surface area contributed by atoms with Crippen LogP contribution < -0.4 is 15.0 Å². The van der Waals surface area contributed by atoms with Crippen LogP contribution in [0.25, 0.3) is 0 Å². The molecule has 1 unspecified atom stereocenters. The number of hydrogen-bond donors (Lipinski definition) is 1. The molecule has 6 heteroatoms. The number of nitrogens with one attached hydrogen (secondary N) is 1. The third kappa shape index (κ3) is 3.90. The smallest absolute Gasteiger partial charge is 0.162 e. The zero-order valence-electron chi connectivity index (χ0n) is 15.1. The summed E-state index contributed by atoms with van der Waals surface area (Å²) in [5, 5.41) is 3.46. The van der Waals surface area contributed by atoms with Crippen LogP contribution in [0.2, 0.25) is 0 Å². The number of rotatable bonds is 3. The highest BCUT2D eigenvalue weighted by molar-refractivity contribution is 5.60. The second-order valence-electron chi connectivity index (χ2n) is 7.60. The summed E-state index contributed by atoms with van der Waals surface area (Å²) in [5.41, 5.74) is 0.667. The SMILES string of the molecule is Fc1cccc(Oc2cc(F)c(F)cc2N2CCCC3(CCCNC3)C2)c1. The summed E-state index contributed by atoms with van der Waals surface area (Å²) in [6, 6.07) is 7.90. The molecule has 2 aliphatic rings. The number of anilines is 1. The number of ether oxygens (including phenoxy) is 1. The molecular formula is C21H23F3N2O. The van der Waals surface area contributed by atoms with Gasteiger partial charge in [0, 0.05) is 43.2 Å². The predicted molar refractivity (Wildman–Crippen MR) is 98.8 cm³/mol. The van der Waals surface area contributed by atoms with E-state index in [1.54, 1.807) is 6.07 Å². The normalized spacial score (nSPS) is 22.9. The molecule has 0 saturated carbocycles. The highest BCUT2D eigenvalue weighted by Crippen LogP contribution is 2.41. The molecule has 0 amide bonds. The first-order chi connectivity index (χ1) is 13.0. The second kappa shape index (κ2) is 7.43. The maximum atomic E-state index is 14.0. The Morgan fingerprint density at radius 2 is 1.81 bits per heavy atom. The third-order valence-corrected chi connectivity index (χ3v) is 5.59. The predicted octanol–water partition coefficient (Wildman–Crippen LogP) is 4.87. The lowest BCUT2D eigenvalue weighted by molar-refractivity contribution is 0.173. The fourth-order valence-electron chi connectivity index (χ4n) is 4.30. The molecule has 2 aliphatic heterocycles. The van der Waals surface area contributed by atoms with Gasteiger partial charge in [0.05, 0.1) is 5.69 Å². The number of benzene rings is 2. The fraction of sp³-hybridized carbons (Fsp3) is 0.429. The lowest BCUT2D eigenvalue weighted by atomic mass is 9.74. The van der Waals surface area contributed by atoms with Crippen LogP contribution in [0.3, 0.4) is 0 Å². The molecule has 2 aromatic carbocycles. The van der Waals surface area contributed by atoms with E-state index >= 15 is 0 Å². The first-order valence-electron chi connectivity index (χ1n) is 9.43. The van der Waals surface area contributed by atoms with Crippen molar-refractivity contribution in [3.05, 3.63) is 53.8 Å². The van der Waals surface area contributed by atoms with E-state index in [4.69, 9.17) is 4.74 Å². The van der Waals surface area contributed by atoms with Crippen molar-refractivity contribution in [1.82, 2.24) is 5.32 Å². The molecule has 0 aromatic heterocycles. The van der Waals surface area contributed by atoms with Gasteiger partial charge in [-0.05, 0) is 44.4 Å². The Kier molecular flexibility index (Phi) is 5.00. The Morgan fingerprint density at radius 1 is 1.00 bits per heavy atom. The Morgan fingerprint density at radius 3 is 2.59 bits per heavy atom. The van der Waals surface area contributed by atoms with Crippen LogP contribution in [0.5, 0.6) is 11.5 Å². The minimum atomic E-state index is -0.976. The van der Waals surface area contributed by atoms with Crippen LogP contribution >= 0.6 is 0 Å². The van der Waals surface area contributed by atoms with E-state index in [2.05, 4.69) is 10.2 Å². The molecule has 2 aromatic rings. The van der Waals surface area contributed by atoms with Gasteiger partial charge in [-0.1, -0.05) is 6.07 Å². The third-order valence-electron chi connectivity index (χ3n) is 5.59. The monoisotopic (exact) mass is 376 g/mol. The zero-order valence-corrected chi connectivity index (χ0v) is 15.1. The molecule has 2 heterocycles. The van der Waals surface area contributed by atoms with E-state index in [1.807, 2.05) is 0 Å². The number of hydrogen-bond acceptors (Lipinski definition) is 3. The van der Waals surface area contributed by atoms with Crippen molar-refractivity contribution in [3.63, 3.8) is 0 Å². The van der Waals surface area contributed by atoms with Crippen molar-refractivity contribution in [3.8, 4) is 11.5 Å². The van der Waals surface area contributed by atoms with Crippen LogP contribution in [0.1, 0.15) is 25.7 Å². The van der Waals surface area contributed by atoms with Gasteiger partial charge in [-0.3, -0.25) is 0 Å². The van der Waals surface area contributed by atoms with Crippen molar-refractivity contribution in [2.24, 2.45) is 5.41 Å². The van der Waals surface area contributed by atoms with Crippen LogP contribution in [-0.4, -0.2) is 26.2 Å². The minimum Gasteiger partial charge on any atom is -0.455 e. The first kappa shape index (κ1) is 18.2. The van der Waals surface area contributed by atoms with Crippen LogP contribution in [0, 0.1) is 22.9 Å². The van der Waals surface area contributed by atoms with Gasteiger partial charge >= 0.3 is 0 Å². The molecule has 1 atom stereocenters. The lowest BCUT2D eigenvalue weighted by Crippen LogP contribution is -2.51. The highest BCUT2D eigenvalue weighted by Gasteiger charge is 2.37. The molecule has 4 rings (SSSR count). The molecule has 0 bridgehead atoms. The molecule has 2 saturated heterocycles. The summed E-state index contributed by atoms with van der Waals surface area (Å²) in [5.74, 6) is -1.86. The molecule has 1 N–H and O–H groups in total. The van der Waals surface area contributed by atoms with Gasteiger partial charge in [0.2, 0.25) is 0 Å². The van der Waals surface area contributed by atoms with E-state index in [-0.39, 0.29) is 16.9 Å². The van der Waals surface area contributed by atoms with E-state index in [1.165, 1.54) is 24.3 Å². The van der Waals surface area contributed by atoms with Gasteiger partial charge < -0.3 is 15.0 Å². The standard InChI is InChI=1S/C21H23F3N2O/c22-15-4-1-5-16(10-15)27-20-12-18(24)17(23)11-19(20)26-9-3-7-21(14-26)6-2-8-25-13-21/h1,4-5,10-12,25H,2-3,6-9,13-14H2. The zero-order chi connectivity index (χ0) is 18.9. The molecule has 1 spiro atoms. The maximum Gasteiger partial charge on any atom is 0.162 e. The van der Waals surface area contributed by atoms with Crippen LogP contribution in [-0.2, 0) is 0 Å². The molecule has 2 fully saturated rings. The highest BCUT2D eigenvalue weighted by atomic mass is 19.2. The summed E-state index contributed by atoms with van der Waals surface area (Å²) in [6.45, 7) is 3.49. The van der Waals surface area contributed by atoms with Gasteiger partial charge in [0.25, 0.3) is 0 Å². The van der Waals surface area contributed by atoms with E-state index < -0.39 is 17.5 Å². The Bertz CT molecular complexity index is 816. The van der Waals surface area contributed by atoms with Crippen LogP contribution in [0.4, 0.5) is 18.9 Å². The second-order valence-corrected chi connectivity index (χ2v) is 7.60. The van der Waals surface area contributed by atoms with Crippen molar-refractivity contribution >= 4 is 5.69 Å². The average Bonchev–Trinajstić information content (AvgIpc) is 2.65. The fourth-order valence-corrected chi connectivity index (χ4v) is 4.30. The van der Waals surface area contributed by atoms with Gasteiger partial charge in [-0.2, -0.15) is 0 Å². The minimum absolute atomic E-state index is 0.150. The Labute approximate surface area is 157 Å². The lowest BCUT2D eigenvalue weighted by Gasteiger charge is -2.46. The Balaban J connectivity index is 1.65. The molecule has 0 radical (unpaired) electrons. The van der Waals surface area contributed by atoms with Crippen molar-refractivity contribution < 1.29 is 17.9 Å². The number of piperidine rings is 2. The van der Waals surface area contributed by atoms with Gasteiger partial charge in [0.15, 0.2) is 17.4 Å². The molecular weight excluding hydrogens is 353 g/mol. The van der Waals surface area contributed by atoms with Gasteiger partial charge in [-0.25, -0.2) is 13.2 Å². The molecule has 3 nitrogen and oxygen atoms in total. The summed E-state index contributed by atoms with van der Waals surface area (Å²) in [7, 11) is 0. The summed E-state index contributed by atoms with van der Waals surface area (Å²) < 4.78 is 47.1. The topological polar surface area (TPSA) is 24.5 Å². The first-order valence-corrected chi connectivity index (χ1v) is 9.43. The van der Waals surface area contributed by atoms with E-state index in [9.17, 15) is 13.2 Å².